The third-order valence-electron chi connectivity index (χ3n) is 2.59. The van der Waals surface area contributed by atoms with Gasteiger partial charge < -0.3 is 4.74 Å². The molecule has 2 nitrogen and oxygen atoms in total. The molecule has 1 aromatic rings. The maximum atomic E-state index is 12.6. The van der Waals surface area contributed by atoms with Crippen molar-refractivity contribution in [3.8, 4) is 0 Å². The van der Waals surface area contributed by atoms with Crippen LogP contribution in [0.4, 0.5) is 4.39 Å². The molecular weight excluding hydrogens is 183 g/mol. The van der Waals surface area contributed by atoms with Crippen LogP contribution in [0.15, 0.2) is 24.3 Å². The summed E-state index contributed by atoms with van der Waals surface area (Å²) in [6, 6.07) is 6.29. The first-order chi connectivity index (χ1) is 6.72. The zero-order chi connectivity index (χ0) is 10.1. The minimum absolute atomic E-state index is 0.0227. The van der Waals surface area contributed by atoms with Crippen LogP contribution in [0.3, 0.4) is 0 Å². The van der Waals surface area contributed by atoms with Gasteiger partial charge in [0.1, 0.15) is 5.82 Å². The van der Waals surface area contributed by atoms with Gasteiger partial charge in [-0.2, -0.15) is 0 Å². The zero-order valence-electron chi connectivity index (χ0n) is 7.87. The second-order valence-corrected chi connectivity index (χ2v) is 3.52. The second kappa shape index (κ2) is 3.40. The molecule has 0 amide bonds. The molecule has 0 N–H and O–H groups in total. The van der Waals surface area contributed by atoms with Gasteiger partial charge in [-0.05, 0) is 30.0 Å². The van der Waals surface area contributed by atoms with Gasteiger partial charge in [-0.3, -0.25) is 4.79 Å². The fourth-order valence-corrected chi connectivity index (χ4v) is 1.69. The molecule has 0 aliphatic heterocycles. The Bertz CT molecular complexity index is 345. The number of carbonyl (C=O) groups excluding carboxylic acids is 1. The maximum Gasteiger partial charge on any atom is 0.309 e. The third kappa shape index (κ3) is 1.62. The number of hydrogen-bond donors (Lipinski definition) is 0. The van der Waals surface area contributed by atoms with E-state index < -0.39 is 0 Å². The smallest absolute Gasteiger partial charge is 0.309 e. The highest BCUT2D eigenvalue weighted by molar-refractivity contribution is 5.77. The number of halogens is 1. The summed E-state index contributed by atoms with van der Waals surface area (Å²) >= 11 is 0. The Morgan fingerprint density at radius 1 is 1.43 bits per heavy atom. The highest BCUT2D eigenvalue weighted by atomic mass is 19.1. The minimum Gasteiger partial charge on any atom is -0.469 e. The van der Waals surface area contributed by atoms with E-state index in [1.54, 1.807) is 12.1 Å². The van der Waals surface area contributed by atoms with E-state index in [0.717, 1.165) is 12.0 Å². The number of methoxy groups -OCH3 is 1. The topological polar surface area (TPSA) is 26.3 Å². The molecule has 1 fully saturated rings. The molecule has 0 radical (unpaired) electrons. The van der Waals surface area contributed by atoms with Gasteiger partial charge in [0, 0.05) is 0 Å². The normalized spacial score (nSPS) is 24.4. The summed E-state index contributed by atoms with van der Waals surface area (Å²) in [6.07, 6.45) is 0.818. The average molecular weight is 194 g/mol. The van der Waals surface area contributed by atoms with Crippen LogP contribution >= 0.6 is 0 Å². The lowest BCUT2D eigenvalue weighted by atomic mass is 10.1. The highest BCUT2D eigenvalue weighted by Crippen LogP contribution is 2.47. The van der Waals surface area contributed by atoms with E-state index in [2.05, 4.69) is 4.74 Å². The minimum atomic E-state index is -0.246. The number of hydrogen-bond acceptors (Lipinski definition) is 2. The van der Waals surface area contributed by atoms with Crippen LogP contribution in [0.1, 0.15) is 17.9 Å². The van der Waals surface area contributed by atoms with E-state index in [-0.39, 0.29) is 23.6 Å². The fourth-order valence-electron chi connectivity index (χ4n) is 1.69. The van der Waals surface area contributed by atoms with Crippen molar-refractivity contribution in [1.29, 1.82) is 0 Å². The van der Waals surface area contributed by atoms with E-state index in [9.17, 15) is 9.18 Å². The van der Waals surface area contributed by atoms with Gasteiger partial charge in [-0.25, -0.2) is 4.39 Å². The molecule has 1 saturated carbocycles. The first kappa shape index (κ1) is 9.19. The number of benzene rings is 1. The lowest BCUT2D eigenvalue weighted by Crippen LogP contribution is -2.03. The second-order valence-electron chi connectivity index (χ2n) is 3.52. The Hall–Kier alpha value is -1.38. The quantitative estimate of drug-likeness (QED) is 0.674. The van der Waals surface area contributed by atoms with Gasteiger partial charge in [0.15, 0.2) is 0 Å². The summed E-state index contributed by atoms with van der Waals surface area (Å²) in [4.78, 5) is 11.1. The van der Waals surface area contributed by atoms with E-state index in [4.69, 9.17) is 0 Å². The number of rotatable bonds is 2. The first-order valence-corrected chi connectivity index (χ1v) is 4.55. The van der Waals surface area contributed by atoms with E-state index >= 15 is 0 Å². The molecule has 14 heavy (non-hydrogen) atoms. The molecule has 0 aromatic heterocycles. The van der Waals surface area contributed by atoms with Gasteiger partial charge in [0.2, 0.25) is 0 Å². The molecule has 1 aliphatic rings. The van der Waals surface area contributed by atoms with Crippen LogP contribution in [0.5, 0.6) is 0 Å². The Labute approximate surface area is 81.7 Å². The summed E-state index contributed by atoms with van der Waals surface area (Å²) < 4.78 is 17.2. The standard InChI is InChI=1S/C11H11FO2/c1-14-11(13)10-6-9(10)7-2-4-8(12)5-3-7/h2-5,9-10H,6H2,1H3. The van der Waals surface area contributed by atoms with Crippen molar-refractivity contribution in [3.05, 3.63) is 35.6 Å². The lowest BCUT2D eigenvalue weighted by molar-refractivity contribution is -0.142. The number of ether oxygens (including phenoxy) is 1. The van der Waals surface area contributed by atoms with Gasteiger partial charge in [0.05, 0.1) is 13.0 Å². The SMILES string of the molecule is COC(=O)C1CC1c1ccc(F)cc1. The Kier molecular flexibility index (Phi) is 2.23. The molecule has 0 spiro atoms. The molecular formula is C11H11FO2. The number of esters is 1. The zero-order valence-corrected chi connectivity index (χ0v) is 7.87. The fraction of sp³-hybridized carbons (Fsp3) is 0.364. The summed E-state index contributed by atoms with van der Waals surface area (Å²) in [6.45, 7) is 0. The van der Waals surface area contributed by atoms with Crippen molar-refractivity contribution >= 4 is 5.97 Å². The summed E-state index contributed by atoms with van der Waals surface area (Å²) in [7, 11) is 1.39. The summed E-state index contributed by atoms with van der Waals surface area (Å²) in [5.41, 5.74) is 1.02. The van der Waals surface area contributed by atoms with E-state index in [1.807, 2.05) is 0 Å². The van der Waals surface area contributed by atoms with Crippen LogP contribution in [0, 0.1) is 11.7 Å². The van der Waals surface area contributed by atoms with Crippen molar-refractivity contribution in [3.63, 3.8) is 0 Å². The van der Waals surface area contributed by atoms with Gasteiger partial charge in [-0.1, -0.05) is 12.1 Å². The highest BCUT2D eigenvalue weighted by Gasteiger charge is 2.44. The summed E-state index contributed by atoms with van der Waals surface area (Å²) in [5, 5.41) is 0. The maximum absolute atomic E-state index is 12.6. The molecule has 1 aliphatic carbocycles. The van der Waals surface area contributed by atoms with E-state index in [1.165, 1.54) is 19.2 Å². The van der Waals surface area contributed by atoms with Crippen molar-refractivity contribution in [2.24, 2.45) is 5.92 Å². The van der Waals surface area contributed by atoms with Crippen molar-refractivity contribution in [2.45, 2.75) is 12.3 Å². The average Bonchev–Trinajstić information content (AvgIpc) is 2.98. The molecule has 0 bridgehead atoms. The van der Waals surface area contributed by atoms with Gasteiger partial charge in [0.25, 0.3) is 0 Å². The number of carbonyl (C=O) groups is 1. The molecule has 74 valence electrons. The van der Waals surface area contributed by atoms with Gasteiger partial charge >= 0.3 is 5.97 Å². The van der Waals surface area contributed by atoms with Crippen LogP contribution in [-0.2, 0) is 9.53 Å². The molecule has 1 aromatic carbocycles. The lowest BCUT2D eigenvalue weighted by Gasteiger charge is -1.99. The Balaban J connectivity index is 2.06. The van der Waals surface area contributed by atoms with Crippen LogP contribution < -0.4 is 0 Å². The van der Waals surface area contributed by atoms with Crippen molar-refractivity contribution in [2.75, 3.05) is 7.11 Å². The van der Waals surface area contributed by atoms with Crippen LogP contribution in [0.2, 0.25) is 0 Å². The van der Waals surface area contributed by atoms with Gasteiger partial charge in [-0.15, -0.1) is 0 Å². The van der Waals surface area contributed by atoms with Crippen molar-refractivity contribution < 1.29 is 13.9 Å². The largest absolute Gasteiger partial charge is 0.469 e. The molecule has 3 heteroatoms. The van der Waals surface area contributed by atoms with Crippen LogP contribution in [-0.4, -0.2) is 13.1 Å². The first-order valence-electron chi connectivity index (χ1n) is 4.55. The molecule has 0 saturated heterocycles. The molecule has 2 rings (SSSR count). The predicted octanol–water partition coefficient (Wildman–Crippen LogP) is 2.10. The van der Waals surface area contributed by atoms with E-state index in [0.29, 0.717) is 0 Å². The molecule has 2 unspecified atom stereocenters. The Morgan fingerprint density at radius 3 is 2.64 bits per heavy atom. The monoisotopic (exact) mass is 194 g/mol. The Morgan fingerprint density at radius 2 is 2.07 bits per heavy atom. The predicted molar refractivity (Wildman–Crippen MR) is 49.3 cm³/mol. The summed E-state index contributed by atoms with van der Waals surface area (Å²) in [5.74, 6) is -0.211. The molecule has 0 heterocycles. The van der Waals surface area contributed by atoms with Crippen molar-refractivity contribution in [1.82, 2.24) is 0 Å². The van der Waals surface area contributed by atoms with Crippen LogP contribution in [0.25, 0.3) is 0 Å². The third-order valence-corrected chi connectivity index (χ3v) is 2.59. The molecule has 2 atom stereocenters.